The third kappa shape index (κ3) is 15.5. The molecule has 0 fully saturated rings. The third-order valence-corrected chi connectivity index (χ3v) is 4.27. The first-order valence-corrected chi connectivity index (χ1v) is 10.9. The standard InChI is InChI=1S/C21H38.C3H8.C2H6/c1-11-19(21(8,9)10)18(14-12-13-16(2)3)15-17(4)20(5,6)7;1-3-2;1-2/h15H,2,11-14H2,1,3-10H3;3H2,1-2H3;1-2H3/b17-15+,19-18+;;. The first-order chi connectivity index (χ1) is 11.8. The fraction of sp³-hybridized carbons (Fsp3) is 0.769. The molecule has 26 heavy (non-hydrogen) atoms. The molecule has 0 aromatic heterocycles. The van der Waals surface area contributed by atoms with E-state index in [2.05, 4.69) is 88.8 Å². The minimum Gasteiger partial charge on any atom is -0.100 e. The normalized spacial score (nSPS) is 13.0. The monoisotopic (exact) mass is 364 g/mol. The number of hydrogen-bond acceptors (Lipinski definition) is 0. The summed E-state index contributed by atoms with van der Waals surface area (Å²) in [4.78, 5) is 0. The van der Waals surface area contributed by atoms with Gasteiger partial charge in [-0.25, -0.2) is 0 Å². The Morgan fingerprint density at radius 3 is 1.50 bits per heavy atom. The minimum absolute atomic E-state index is 0.246. The van der Waals surface area contributed by atoms with E-state index in [1.807, 2.05) is 13.8 Å². The van der Waals surface area contributed by atoms with Gasteiger partial charge in [0.25, 0.3) is 0 Å². The zero-order valence-corrected chi connectivity index (χ0v) is 20.8. The summed E-state index contributed by atoms with van der Waals surface area (Å²) >= 11 is 0. The molecule has 0 bridgehead atoms. The molecule has 0 aromatic carbocycles. The van der Waals surface area contributed by atoms with Crippen LogP contribution >= 0.6 is 0 Å². The second-order valence-corrected chi connectivity index (χ2v) is 9.20. The summed E-state index contributed by atoms with van der Waals surface area (Å²) in [6.45, 7) is 32.9. The Kier molecular flexibility index (Phi) is 17.6. The van der Waals surface area contributed by atoms with Gasteiger partial charge in [-0.1, -0.05) is 105 Å². The lowest BCUT2D eigenvalue weighted by Crippen LogP contribution is -2.13. The van der Waals surface area contributed by atoms with Crippen molar-refractivity contribution >= 4 is 0 Å². The van der Waals surface area contributed by atoms with E-state index in [0.29, 0.717) is 0 Å². The second-order valence-electron chi connectivity index (χ2n) is 9.20. The van der Waals surface area contributed by atoms with E-state index < -0.39 is 0 Å². The molecule has 0 spiro atoms. The van der Waals surface area contributed by atoms with Gasteiger partial charge in [0.05, 0.1) is 0 Å². The molecule has 0 saturated heterocycles. The maximum Gasteiger partial charge on any atom is -0.0167 e. The van der Waals surface area contributed by atoms with E-state index in [0.717, 1.165) is 12.8 Å². The van der Waals surface area contributed by atoms with Gasteiger partial charge in [-0.15, -0.1) is 6.58 Å². The summed E-state index contributed by atoms with van der Waals surface area (Å²) in [7, 11) is 0. The molecule has 0 saturated carbocycles. The van der Waals surface area contributed by atoms with Crippen molar-refractivity contribution in [3.63, 3.8) is 0 Å². The first kappa shape index (κ1) is 30.0. The molecule has 0 radical (unpaired) electrons. The first-order valence-electron chi connectivity index (χ1n) is 10.9. The van der Waals surface area contributed by atoms with Crippen molar-refractivity contribution in [2.75, 3.05) is 0 Å². The molecule has 0 N–H and O–H groups in total. The quantitative estimate of drug-likeness (QED) is 0.325. The van der Waals surface area contributed by atoms with E-state index in [1.54, 1.807) is 11.1 Å². The van der Waals surface area contributed by atoms with Crippen molar-refractivity contribution in [1.82, 2.24) is 0 Å². The van der Waals surface area contributed by atoms with Crippen LogP contribution in [0.25, 0.3) is 0 Å². The molecule has 0 rings (SSSR count). The highest BCUT2D eigenvalue weighted by molar-refractivity contribution is 5.33. The smallest absolute Gasteiger partial charge is 0.0167 e. The Morgan fingerprint density at radius 2 is 1.23 bits per heavy atom. The maximum atomic E-state index is 4.03. The van der Waals surface area contributed by atoms with Crippen molar-refractivity contribution in [3.8, 4) is 0 Å². The van der Waals surface area contributed by atoms with Crippen molar-refractivity contribution in [1.29, 1.82) is 0 Å². The fourth-order valence-corrected chi connectivity index (χ4v) is 2.61. The van der Waals surface area contributed by atoms with Crippen LogP contribution < -0.4 is 0 Å². The molecule has 0 aliphatic heterocycles. The highest BCUT2D eigenvalue weighted by Gasteiger charge is 2.20. The molecular weight excluding hydrogens is 312 g/mol. The average Bonchev–Trinajstić information content (AvgIpc) is 2.47. The van der Waals surface area contributed by atoms with Crippen LogP contribution in [-0.2, 0) is 0 Å². The van der Waals surface area contributed by atoms with Crippen molar-refractivity contribution in [3.05, 3.63) is 34.9 Å². The predicted octanol–water partition coefficient (Wildman–Crippen LogP) is 9.92. The Morgan fingerprint density at radius 1 is 0.808 bits per heavy atom. The van der Waals surface area contributed by atoms with Crippen LogP contribution in [0.5, 0.6) is 0 Å². The van der Waals surface area contributed by atoms with Crippen LogP contribution in [0.4, 0.5) is 0 Å². The van der Waals surface area contributed by atoms with Crippen LogP contribution in [0.3, 0.4) is 0 Å². The van der Waals surface area contributed by atoms with Crippen LogP contribution in [0.15, 0.2) is 34.9 Å². The molecule has 0 amide bonds. The maximum absolute atomic E-state index is 4.03. The minimum atomic E-state index is 0.246. The summed E-state index contributed by atoms with van der Waals surface area (Å²) in [6.07, 6.45) is 8.36. The lowest BCUT2D eigenvalue weighted by Gasteiger charge is -2.27. The van der Waals surface area contributed by atoms with E-state index >= 15 is 0 Å². The van der Waals surface area contributed by atoms with Gasteiger partial charge in [-0.05, 0) is 55.9 Å². The molecule has 0 atom stereocenters. The Labute approximate surface area is 168 Å². The molecule has 0 aliphatic rings. The predicted molar refractivity (Wildman–Crippen MR) is 126 cm³/mol. The average molecular weight is 365 g/mol. The van der Waals surface area contributed by atoms with Crippen molar-refractivity contribution in [2.45, 2.75) is 122 Å². The largest absolute Gasteiger partial charge is 0.100 e. The van der Waals surface area contributed by atoms with Gasteiger partial charge in [0.15, 0.2) is 0 Å². The van der Waals surface area contributed by atoms with Crippen LogP contribution in [0.2, 0.25) is 0 Å². The van der Waals surface area contributed by atoms with Gasteiger partial charge >= 0.3 is 0 Å². The molecule has 0 nitrogen and oxygen atoms in total. The van der Waals surface area contributed by atoms with E-state index in [9.17, 15) is 0 Å². The summed E-state index contributed by atoms with van der Waals surface area (Å²) in [6, 6.07) is 0. The van der Waals surface area contributed by atoms with Gasteiger partial charge in [0.2, 0.25) is 0 Å². The SMILES string of the molecule is C=C(C)CCCC(/C=C(\C)C(C)(C)C)=C(/CC)C(C)(C)C.CC.CCC. The molecule has 0 aromatic rings. The molecule has 0 aliphatic carbocycles. The fourth-order valence-electron chi connectivity index (χ4n) is 2.61. The van der Waals surface area contributed by atoms with Crippen molar-refractivity contribution in [2.24, 2.45) is 10.8 Å². The van der Waals surface area contributed by atoms with Gasteiger partial charge < -0.3 is 0 Å². The number of allylic oxidation sites excluding steroid dienone is 5. The van der Waals surface area contributed by atoms with Gasteiger partial charge in [-0.3, -0.25) is 0 Å². The van der Waals surface area contributed by atoms with E-state index in [1.165, 1.54) is 30.4 Å². The lowest BCUT2D eigenvalue weighted by atomic mass is 9.78. The topological polar surface area (TPSA) is 0 Å². The molecular formula is C26H52. The summed E-state index contributed by atoms with van der Waals surface area (Å²) < 4.78 is 0. The molecule has 0 heterocycles. The number of rotatable bonds is 6. The van der Waals surface area contributed by atoms with Crippen molar-refractivity contribution < 1.29 is 0 Å². The lowest BCUT2D eigenvalue weighted by molar-refractivity contribution is 0.478. The van der Waals surface area contributed by atoms with E-state index in [-0.39, 0.29) is 10.8 Å². The highest BCUT2D eigenvalue weighted by Crippen LogP contribution is 2.35. The zero-order chi connectivity index (χ0) is 21.6. The molecule has 156 valence electrons. The molecule has 0 unspecified atom stereocenters. The molecule has 0 heteroatoms. The third-order valence-electron chi connectivity index (χ3n) is 4.27. The highest BCUT2D eigenvalue weighted by atomic mass is 14.3. The Bertz CT molecular complexity index is 416. The van der Waals surface area contributed by atoms with Gasteiger partial charge in [-0.2, -0.15) is 0 Å². The zero-order valence-electron chi connectivity index (χ0n) is 20.8. The van der Waals surface area contributed by atoms with Gasteiger partial charge in [0, 0.05) is 0 Å². The van der Waals surface area contributed by atoms with Gasteiger partial charge in [0.1, 0.15) is 0 Å². The number of hydrogen-bond donors (Lipinski definition) is 0. The van der Waals surface area contributed by atoms with Crippen LogP contribution in [0.1, 0.15) is 122 Å². The summed E-state index contributed by atoms with van der Waals surface area (Å²) in [5.74, 6) is 0. The summed E-state index contributed by atoms with van der Waals surface area (Å²) in [5.41, 5.74) is 6.42. The van der Waals surface area contributed by atoms with E-state index in [4.69, 9.17) is 0 Å². The van der Waals surface area contributed by atoms with Crippen LogP contribution in [-0.4, -0.2) is 0 Å². The summed E-state index contributed by atoms with van der Waals surface area (Å²) in [5, 5.41) is 0. The second kappa shape index (κ2) is 15.3. The van der Waals surface area contributed by atoms with Crippen LogP contribution in [0, 0.1) is 10.8 Å². The Hall–Kier alpha value is -0.780. The Balaban J connectivity index is -0.000000950.